The van der Waals surface area contributed by atoms with Crippen molar-refractivity contribution in [1.82, 2.24) is 19.8 Å². The lowest BCUT2D eigenvalue weighted by molar-refractivity contribution is -0.116. The lowest BCUT2D eigenvalue weighted by atomic mass is 10.0. The average Bonchev–Trinajstić information content (AvgIpc) is 3.50. The molecule has 2 atom stereocenters. The standard InChI is InChI=1S/C27H25N5O2S/c1-34-21-12-7-11-20(17-21)31-16-8-14-23(31)26-25(22-13-5-6-15-28-22)30-27(35)32(26)18-24(33)29-19-9-3-2-4-10-19/h2-17,25-26H,18H2,1H3,(H,29,33)(H,30,35)/t25-,26+/m0/s1. The number of anilines is 1. The Kier molecular flexibility index (Phi) is 6.45. The smallest absolute Gasteiger partial charge is 0.244 e. The number of carbonyl (C=O) groups is 1. The van der Waals surface area contributed by atoms with Gasteiger partial charge >= 0.3 is 0 Å². The monoisotopic (exact) mass is 483 g/mol. The maximum Gasteiger partial charge on any atom is 0.244 e. The highest BCUT2D eigenvalue weighted by Gasteiger charge is 2.42. The van der Waals surface area contributed by atoms with Gasteiger partial charge in [0.1, 0.15) is 12.3 Å². The molecule has 4 aromatic rings. The number of hydrogen-bond donors (Lipinski definition) is 2. The molecule has 0 saturated carbocycles. The summed E-state index contributed by atoms with van der Waals surface area (Å²) < 4.78 is 7.53. The third kappa shape index (κ3) is 4.74. The van der Waals surface area contributed by atoms with Gasteiger partial charge in [-0.15, -0.1) is 0 Å². The molecule has 0 spiro atoms. The Bertz CT molecular complexity index is 1330. The predicted octanol–water partition coefficient (Wildman–Crippen LogP) is 4.49. The van der Waals surface area contributed by atoms with Crippen molar-refractivity contribution < 1.29 is 9.53 Å². The van der Waals surface area contributed by atoms with Crippen LogP contribution in [0.3, 0.4) is 0 Å². The summed E-state index contributed by atoms with van der Waals surface area (Å²) in [6, 6.07) is 26.6. The number of nitrogens with one attached hydrogen (secondary N) is 2. The molecule has 3 heterocycles. The van der Waals surface area contributed by atoms with Gasteiger partial charge in [-0.3, -0.25) is 9.78 Å². The van der Waals surface area contributed by atoms with Gasteiger partial charge in [0.25, 0.3) is 0 Å². The third-order valence-electron chi connectivity index (χ3n) is 5.98. The maximum atomic E-state index is 13.0. The topological polar surface area (TPSA) is 71.4 Å². The van der Waals surface area contributed by atoms with Gasteiger partial charge in [-0.05, 0) is 60.7 Å². The molecule has 0 unspecified atom stereocenters. The van der Waals surface area contributed by atoms with E-state index in [4.69, 9.17) is 17.0 Å². The summed E-state index contributed by atoms with van der Waals surface area (Å²) in [4.78, 5) is 19.5. The molecule has 2 N–H and O–H groups in total. The fourth-order valence-corrected chi connectivity index (χ4v) is 4.71. The molecule has 1 fully saturated rings. The van der Waals surface area contributed by atoms with E-state index < -0.39 is 0 Å². The van der Waals surface area contributed by atoms with E-state index in [-0.39, 0.29) is 24.5 Å². The van der Waals surface area contributed by atoms with Crippen LogP contribution in [-0.2, 0) is 4.79 Å². The summed E-state index contributed by atoms with van der Waals surface area (Å²) in [6.07, 6.45) is 3.77. The van der Waals surface area contributed by atoms with Crippen LogP contribution in [0.2, 0.25) is 0 Å². The SMILES string of the molecule is COc1cccc(-n2cccc2[C@@H]2[C@H](c3ccccn3)NC(=S)N2CC(=O)Nc2ccccc2)c1. The van der Waals surface area contributed by atoms with Crippen LogP contribution in [0.1, 0.15) is 23.5 Å². The minimum Gasteiger partial charge on any atom is -0.497 e. The largest absolute Gasteiger partial charge is 0.497 e. The third-order valence-corrected chi connectivity index (χ3v) is 6.34. The van der Waals surface area contributed by atoms with Gasteiger partial charge < -0.3 is 24.8 Å². The van der Waals surface area contributed by atoms with Gasteiger partial charge in [-0.25, -0.2) is 0 Å². The Labute approximate surface area is 209 Å². The number of hydrogen-bond acceptors (Lipinski definition) is 4. The molecular weight excluding hydrogens is 458 g/mol. The zero-order chi connectivity index (χ0) is 24.2. The number of benzene rings is 2. The first-order chi connectivity index (χ1) is 17.1. The highest BCUT2D eigenvalue weighted by Crippen LogP contribution is 2.39. The quantitative estimate of drug-likeness (QED) is 0.378. The lowest BCUT2D eigenvalue weighted by Crippen LogP contribution is -2.37. The summed E-state index contributed by atoms with van der Waals surface area (Å²) in [6.45, 7) is 0.0953. The zero-order valence-electron chi connectivity index (χ0n) is 19.2. The number of amides is 1. The van der Waals surface area contributed by atoms with E-state index >= 15 is 0 Å². The molecule has 1 amide bonds. The number of thiocarbonyl (C=S) groups is 1. The molecule has 176 valence electrons. The molecule has 0 aliphatic carbocycles. The van der Waals surface area contributed by atoms with Gasteiger partial charge in [0.2, 0.25) is 5.91 Å². The van der Waals surface area contributed by atoms with Crippen molar-refractivity contribution in [3.8, 4) is 11.4 Å². The number of ether oxygens (including phenoxy) is 1. The van der Waals surface area contributed by atoms with Gasteiger partial charge in [-0.2, -0.15) is 0 Å². The van der Waals surface area contributed by atoms with Crippen LogP contribution in [0.4, 0.5) is 5.69 Å². The zero-order valence-corrected chi connectivity index (χ0v) is 20.0. The van der Waals surface area contributed by atoms with Crippen molar-refractivity contribution in [2.45, 2.75) is 12.1 Å². The number of methoxy groups -OCH3 is 1. The van der Waals surface area contributed by atoms with Crippen molar-refractivity contribution in [2.75, 3.05) is 19.0 Å². The molecule has 0 bridgehead atoms. The molecule has 35 heavy (non-hydrogen) atoms. The molecule has 5 rings (SSSR count). The van der Waals surface area contributed by atoms with Crippen LogP contribution >= 0.6 is 12.2 Å². The van der Waals surface area contributed by atoms with E-state index in [9.17, 15) is 4.79 Å². The Morgan fingerprint density at radius 2 is 1.89 bits per heavy atom. The molecule has 2 aromatic carbocycles. The molecular formula is C27H25N5O2S. The van der Waals surface area contributed by atoms with Gasteiger partial charge in [0, 0.05) is 35.5 Å². The molecule has 0 radical (unpaired) electrons. The number of rotatable bonds is 7. The fraction of sp³-hybridized carbons (Fsp3) is 0.148. The second kappa shape index (κ2) is 9.99. The molecule has 1 saturated heterocycles. The van der Waals surface area contributed by atoms with E-state index in [1.165, 1.54) is 0 Å². The van der Waals surface area contributed by atoms with Crippen molar-refractivity contribution in [2.24, 2.45) is 0 Å². The first-order valence-corrected chi connectivity index (χ1v) is 11.7. The van der Waals surface area contributed by atoms with Crippen molar-refractivity contribution in [3.63, 3.8) is 0 Å². The van der Waals surface area contributed by atoms with Crippen molar-refractivity contribution in [1.29, 1.82) is 0 Å². The molecule has 8 heteroatoms. The highest BCUT2D eigenvalue weighted by molar-refractivity contribution is 7.80. The fourth-order valence-electron chi connectivity index (χ4n) is 4.40. The van der Waals surface area contributed by atoms with E-state index in [1.54, 1.807) is 13.3 Å². The minimum absolute atomic E-state index is 0.0953. The van der Waals surface area contributed by atoms with Crippen LogP contribution in [0.25, 0.3) is 5.69 Å². The lowest BCUT2D eigenvalue weighted by Gasteiger charge is -2.28. The Morgan fingerprint density at radius 1 is 1.06 bits per heavy atom. The Hall–Kier alpha value is -4.17. The van der Waals surface area contributed by atoms with E-state index in [2.05, 4.69) is 26.3 Å². The van der Waals surface area contributed by atoms with Crippen LogP contribution in [-0.4, -0.2) is 39.1 Å². The number of pyridine rings is 1. The van der Waals surface area contributed by atoms with E-state index in [1.807, 2.05) is 90.0 Å². The second-order valence-corrected chi connectivity index (χ2v) is 8.56. The molecule has 2 aromatic heterocycles. The number of carbonyl (C=O) groups excluding carboxylic acids is 1. The maximum absolute atomic E-state index is 13.0. The van der Waals surface area contributed by atoms with Crippen molar-refractivity contribution >= 4 is 28.9 Å². The summed E-state index contributed by atoms with van der Waals surface area (Å²) >= 11 is 5.73. The highest BCUT2D eigenvalue weighted by atomic mass is 32.1. The molecule has 7 nitrogen and oxygen atoms in total. The predicted molar refractivity (Wildman–Crippen MR) is 140 cm³/mol. The van der Waals surface area contributed by atoms with Gasteiger partial charge in [0.05, 0.1) is 24.9 Å². The molecule has 1 aliphatic heterocycles. The second-order valence-electron chi connectivity index (χ2n) is 8.17. The number of aromatic nitrogens is 2. The molecule has 1 aliphatic rings. The summed E-state index contributed by atoms with van der Waals surface area (Å²) in [5, 5.41) is 6.88. The first kappa shape index (κ1) is 22.6. The summed E-state index contributed by atoms with van der Waals surface area (Å²) in [7, 11) is 1.65. The summed E-state index contributed by atoms with van der Waals surface area (Å²) in [5.41, 5.74) is 3.53. The van der Waals surface area contributed by atoms with Crippen LogP contribution in [0.15, 0.2) is 97.3 Å². The van der Waals surface area contributed by atoms with E-state index in [0.29, 0.717) is 5.11 Å². The van der Waals surface area contributed by atoms with Crippen LogP contribution < -0.4 is 15.4 Å². The normalized spacial score (nSPS) is 17.2. The van der Waals surface area contributed by atoms with Gasteiger partial charge in [0.15, 0.2) is 5.11 Å². The summed E-state index contributed by atoms with van der Waals surface area (Å²) in [5.74, 6) is 0.620. The average molecular weight is 484 g/mol. The van der Waals surface area contributed by atoms with Crippen LogP contribution in [0, 0.1) is 0 Å². The van der Waals surface area contributed by atoms with Crippen LogP contribution in [0.5, 0.6) is 5.75 Å². The van der Waals surface area contributed by atoms with Gasteiger partial charge in [-0.1, -0.05) is 30.3 Å². The Balaban J connectivity index is 1.52. The minimum atomic E-state index is -0.264. The number of nitrogens with zero attached hydrogens (tertiary/aromatic N) is 3. The first-order valence-electron chi connectivity index (χ1n) is 11.3. The van der Waals surface area contributed by atoms with Crippen molar-refractivity contribution in [3.05, 3.63) is 109 Å². The Morgan fingerprint density at radius 3 is 2.66 bits per heavy atom. The van der Waals surface area contributed by atoms with E-state index in [0.717, 1.165) is 28.5 Å². The number of para-hydroxylation sites is 1.